The number of halogens is 3. The Balaban J connectivity index is 0.00000140. The molecule has 1 saturated heterocycles. The SMILES string of the molecule is C[C@@H]1C[C@H](c2cc(-c3ccncc3)c(-c3ccc(F)cc3)[nH]2)CCN1C.Cl.Cl. The van der Waals surface area contributed by atoms with Crippen molar-refractivity contribution in [1.82, 2.24) is 14.9 Å². The van der Waals surface area contributed by atoms with E-state index < -0.39 is 0 Å². The molecule has 1 N–H and O–H groups in total. The van der Waals surface area contributed by atoms with Gasteiger partial charge in [-0.2, -0.15) is 0 Å². The number of nitrogens with zero attached hydrogens (tertiary/aromatic N) is 2. The van der Waals surface area contributed by atoms with E-state index in [-0.39, 0.29) is 30.6 Å². The van der Waals surface area contributed by atoms with Crippen molar-refractivity contribution in [3.05, 3.63) is 66.4 Å². The molecule has 1 aromatic carbocycles. The summed E-state index contributed by atoms with van der Waals surface area (Å²) >= 11 is 0. The van der Waals surface area contributed by atoms with Crippen LogP contribution in [-0.2, 0) is 0 Å². The number of hydrogen-bond acceptors (Lipinski definition) is 2. The average molecular weight is 422 g/mol. The average Bonchev–Trinajstić information content (AvgIpc) is 3.11. The summed E-state index contributed by atoms with van der Waals surface area (Å²) < 4.78 is 13.4. The molecule has 0 amide bonds. The Hall–Kier alpha value is -1.88. The van der Waals surface area contributed by atoms with Crippen LogP contribution in [-0.4, -0.2) is 34.5 Å². The van der Waals surface area contributed by atoms with Crippen molar-refractivity contribution in [3.63, 3.8) is 0 Å². The molecule has 2 aromatic heterocycles. The molecule has 0 saturated carbocycles. The van der Waals surface area contributed by atoms with E-state index in [4.69, 9.17) is 0 Å². The number of nitrogens with one attached hydrogen (secondary N) is 1. The van der Waals surface area contributed by atoms with Crippen molar-refractivity contribution in [2.24, 2.45) is 0 Å². The molecule has 0 bridgehead atoms. The molecular formula is C22H26Cl2FN3. The van der Waals surface area contributed by atoms with Crippen LogP contribution in [0.2, 0.25) is 0 Å². The molecule has 3 aromatic rings. The molecule has 150 valence electrons. The van der Waals surface area contributed by atoms with E-state index in [1.54, 1.807) is 0 Å². The first-order valence-electron chi connectivity index (χ1n) is 9.21. The number of hydrogen-bond donors (Lipinski definition) is 1. The van der Waals surface area contributed by atoms with E-state index in [1.807, 2.05) is 36.7 Å². The topological polar surface area (TPSA) is 31.9 Å². The first-order valence-corrected chi connectivity index (χ1v) is 9.21. The van der Waals surface area contributed by atoms with Gasteiger partial charge in [0.2, 0.25) is 0 Å². The molecule has 2 atom stereocenters. The largest absolute Gasteiger partial charge is 0.358 e. The number of piperidine rings is 1. The molecule has 3 heterocycles. The summed E-state index contributed by atoms with van der Waals surface area (Å²) in [5.74, 6) is 0.311. The minimum absolute atomic E-state index is 0. The number of benzene rings is 1. The van der Waals surface area contributed by atoms with Gasteiger partial charge in [-0.25, -0.2) is 4.39 Å². The molecule has 1 aliphatic rings. The predicted molar refractivity (Wildman–Crippen MR) is 118 cm³/mol. The molecule has 3 nitrogen and oxygen atoms in total. The molecule has 1 aliphatic heterocycles. The molecule has 6 heteroatoms. The molecule has 28 heavy (non-hydrogen) atoms. The van der Waals surface area contributed by atoms with Gasteiger partial charge in [0.25, 0.3) is 0 Å². The van der Waals surface area contributed by atoms with Crippen LogP contribution in [0.3, 0.4) is 0 Å². The van der Waals surface area contributed by atoms with Crippen LogP contribution in [0.1, 0.15) is 31.4 Å². The highest BCUT2D eigenvalue weighted by Crippen LogP contribution is 2.38. The van der Waals surface area contributed by atoms with E-state index in [0.29, 0.717) is 12.0 Å². The molecule has 4 rings (SSSR count). The Morgan fingerprint density at radius 2 is 1.71 bits per heavy atom. The monoisotopic (exact) mass is 421 g/mol. The highest BCUT2D eigenvalue weighted by Gasteiger charge is 2.26. The predicted octanol–water partition coefficient (Wildman–Crippen LogP) is 5.92. The normalized spacial score (nSPS) is 19.5. The second-order valence-electron chi connectivity index (χ2n) is 7.31. The van der Waals surface area contributed by atoms with Gasteiger partial charge >= 0.3 is 0 Å². The zero-order valence-electron chi connectivity index (χ0n) is 16.1. The van der Waals surface area contributed by atoms with Gasteiger partial charge in [-0.05, 0) is 86.9 Å². The quantitative estimate of drug-likeness (QED) is 0.568. The van der Waals surface area contributed by atoms with Crippen molar-refractivity contribution in [1.29, 1.82) is 0 Å². The Morgan fingerprint density at radius 3 is 2.36 bits per heavy atom. The smallest absolute Gasteiger partial charge is 0.123 e. The fourth-order valence-electron chi connectivity index (χ4n) is 3.87. The number of H-pyrrole nitrogens is 1. The fourth-order valence-corrected chi connectivity index (χ4v) is 3.87. The molecule has 0 radical (unpaired) electrons. The molecule has 0 unspecified atom stereocenters. The van der Waals surface area contributed by atoms with Gasteiger partial charge in [-0.15, -0.1) is 24.8 Å². The fraction of sp³-hybridized carbons (Fsp3) is 0.318. The van der Waals surface area contributed by atoms with Gasteiger partial charge in [-0.3, -0.25) is 4.98 Å². The van der Waals surface area contributed by atoms with Crippen LogP contribution in [0.15, 0.2) is 54.9 Å². The Morgan fingerprint density at radius 1 is 1.04 bits per heavy atom. The van der Waals surface area contributed by atoms with Crippen molar-refractivity contribution in [2.45, 2.75) is 31.7 Å². The van der Waals surface area contributed by atoms with Crippen LogP contribution in [0.5, 0.6) is 0 Å². The van der Waals surface area contributed by atoms with Gasteiger partial charge in [0.05, 0.1) is 5.69 Å². The minimum atomic E-state index is -0.213. The van der Waals surface area contributed by atoms with E-state index in [9.17, 15) is 4.39 Å². The standard InChI is InChI=1S/C22H24FN3.2ClH/c1-15-13-18(9-12-26(15)2)21-14-20(16-7-10-24-11-8-16)22(25-21)17-3-5-19(23)6-4-17;;/h3-8,10-11,14-15,18,25H,9,12-13H2,1-2H3;2*1H/t15-,18-;;/m1../s1. The van der Waals surface area contributed by atoms with Crippen LogP contribution in [0.4, 0.5) is 4.39 Å². The molecule has 1 fully saturated rings. The summed E-state index contributed by atoms with van der Waals surface area (Å²) in [4.78, 5) is 10.2. The van der Waals surface area contributed by atoms with E-state index in [2.05, 4.69) is 34.9 Å². The highest BCUT2D eigenvalue weighted by atomic mass is 35.5. The summed E-state index contributed by atoms with van der Waals surface area (Å²) in [5, 5.41) is 0. The van der Waals surface area contributed by atoms with E-state index in [1.165, 1.54) is 17.8 Å². The van der Waals surface area contributed by atoms with Crippen molar-refractivity contribution < 1.29 is 4.39 Å². The number of aromatic nitrogens is 2. The van der Waals surface area contributed by atoms with Crippen molar-refractivity contribution in [3.8, 4) is 22.4 Å². The first-order chi connectivity index (χ1) is 12.6. The summed E-state index contributed by atoms with van der Waals surface area (Å²) in [7, 11) is 2.20. The maximum atomic E-state index is 13.4. The summed E-state index contributed by atoms with van der Waals surface area (Å²) in [5.41, 5.74) is 5.61. The van der Waals surface area contributed by atoms with Gasteiger partial charge in [-0.1, -0.05) is 0 Å². The van der Waals surface area contributed by atoms with Crippen LogP contribution >= 0.6 is 24.8 Å². The lowest BCUT2D eigenvalue weighted by molar-refractivity contribution is 0.181. The lowest BCUT2D eigenvalue weighted by atomic mass is 9.89. The summed E-state index contributed by atoms with van der Waals surface area (Å²) in [6.07, 6.45) is 5.93. The third kappa shape index (κ3) is 4.57. The Labute approximate surface area is 178 Å². The van der Waals surface area contributed by atoms with Gasteiger partial charge in [0.1, 0.15) is 5.82 Å². The van der Waals surface area contributed by atoms with E-state index >= 15 is 0 Å². The summed E-state index contributed by atoms with van der Waals surface area (Å²) in [6.45, 7) is 3.40. The zero-order chi connectivity index (χ0) is 18.1. The van der Waals surface area contributed by atoms with Gasteiger partial charge in [0.15, 0.2) is 0 Å². The van der Waals surface area contributed by atoms with Crippen LogP contribution < -0.4 is 0 Å². The third-order valence-corrected chi connectivity index (χ3v) is 5.61. The van der Waals surface area contributed by atoms with Crippen molar-refractivity contribution >= 4 is 24.8 Å². The Kier molecular flexibility index (Phi) is 7.64. The third-order valence-electron chi connectivity index (χ3n) is 5.61. The van der Waals surface area contributed by atoms with Crippen molar-refractivity contribution in [2.75, 3.05) is 13.6 Å². The minimum Gasteiger partial charge on any atom is -0.358 e. The maximum Gasteiger partial charge on any atom is 0.123 e. The van der Waals surface area contributed by atoms with Gasteiger partial charge in [0, 0.05) is 35.6 Å². The van der Waals surface area contributed by atoms with Crippen LogP contribution in [0, 0.1) is 5.82 Å². The number of pyridine rings is 1. The summed E-state index contributed by atoms with van der Waals surface area (Å²) in [6, 6.07) is 13.6. The van der Waals surface area contributed by atoms with Crippen LogP contribution in [0.25, 0.3) is 22.4 Å². The Bertz CT molecular complexity index is 881. The second-order valence-corrected chi connectivity index (χ2v) is 7.31. The number of aromatic amines is 1. The first kappa shape index (κ1) is 22.4. The van der Waals surface area contributed by atoms with Gasteiger partial charge < -0.3 is 9.88 Å². The molecular weight excluding hydrogens is 396 g/mol. The number of rotatable bonds is 3. The zero-order valence-corrected chi connectivity index (χ0v) is 17.7. The molecule has 0 aliphatic carbocycles. The maximum absolute atomic E-state index is 13.4. The molecule has 0 spiro atoms. The lowest BCUT2D eigenvalue weighted by Gasteiger charge is -2.34. The number of likely N-dealkylation sites (tertiary alicyclic amines) is 1. The van der Waals surface area contributed by atoms with E-state index in [0.717, 1.165) is 41.8 Å². The highest BCUT2D eigenvalue weighted by molar-refractivity contribution is 5.85. The second kappa shape index (κ2) is 9.55. The lowest BCUT2D eigenvalue weighted by Crippen LogP contribution is -2.36.